The van der Waals surface area contributed by atoms with Crippen LogP contribution < -0.4 is 16.0 Å². The predicted molar refractivity (Wildman–Crippen MR) is 84.0 cm³/mol. The molecule has 1 fully saturated rings. The van der Waals surface area contributed by atoms with Gasteiger partial charge in [-0.15, -0.1) is 0 Å². The van der Waals surface area contributed by atoms with Crippen LogP contribution in [0.3, 0.4) is 0 Å². The summed E-state index contributed by atoms with van der Waals surface area (Å²) < 4.78 is 7.92. The minimum absolute atomic E-state index is 0.158. The Morgan fingerprint density at radius 2 is 2.38 bits per heavy atom. The Morgan fingerprint density at radius 3 is 3.24 bits per heavy atom. The van der Waals surface area contributed by atoms with Crippen molar-refractivity contribution >= 4 is 29.1 Å². The van der Waals surface area contributed by atoms with E-state index in [0.717, 1.165) is 25.9 Å². The summed E-state index contributed by atoms with van der Waals surface area (Å²) in [4.78, 5) is 14.9. The van der Waals surface area contributed by atoms with Crippen molar-refractivity contribution in [1.82, 2.24) is 15.0 Å². The minimum Gasteiger partial charge on any atom is -0.339 e. The molecule has 0 unspecified atom stereocenters. The third-order valence-electron chi connectivity index (χ3n) is 3.29. The van der Waals surface area contributed by atoms with Crippen LogP contribution in [0.4, 0.5) is 17.5 Å². The number of nitrogens with two attached hydrogens (primary N) is 1. The zero-order valence-corrected chi connectivity index (χ0v) is 12.2. The number of pyridine rings is 1. The van der Waals surface area contributed by atoms with Gasteiger partial charge in [0.05, 0.1) is 18.3 Å². The molecule has 0 spiro atoms. The van der Waals surface area contributed by atoms with Crippen molar-refractivity contribution in [2.24, 2.45) is 5.73 Å². The van der Waals surface area contributed by atoms with E-state index in [0.29, 0.717) is 22.5 Å². The molecule has 0 saturated carbocycles. The number of anilines is 3. The fourth-order valence-electron chi connectivity index (χ4n) is 2.33. The Balaban J connectivity index is 1.80. The number of halogens is 1. The standard InChI is InChI=1S/C14H17ClN6/c15-10-6-12(8-17-7-10)19-13-3-4-18-14(20-13)21-5-1-2-11(16)9-21/h3-4,6-8,11H,1-2,5,9,16H2,(H,18,19,20)/t11-/m1/s1/i6D. The molecular weight excluding hydrogens is 288 g/mol. The molecule has 2 aromatic heterocycles. The van der Waals surface area contributed by atoms with E-state index in [1.807, 2.05) is 0 Å². The lowest BCUT2D eigenvalue weighted by Crippen LogP contribution is -2.43. The largest absolute Gasteiger partial charge is 0.339 e. The number of nitrogens with zero attached hydrogens (tertiary/aromatic N) is 4. The normalized spacial score (nSPS) is 19.2. The van der Waals surface area contributed by atoms with Crippen LogP contribution >= 0.6 is 11.6 Å². The molecule has 6 nitrogen and oxygen atoms in total. The molecule has 0 aliphatic carbocycles. The molecule has 1 aliphatic rings. The Kier molecular flexibility index (Phi) is 3.80. The van der Waals surface area contributed by atoms with Gasteiger partial charge in [-0.25, -0.2) is 4.98 Å². The average molecular weight is 306 g/mol. The zero-order chi connectivity index (χ0) is 15.5. The summed E-state index contributed by atoms with van der Waals surface area (Å²) in [7, 11) is 0. The van der Waals surface area contributed by atoms with Crippen molar-refractivity contribution in [2.45, 2.75) is 18.9 Å². The maximum Gasteiger partial charge on any atom is 0.227 e. The fraction of sp³-hybridized carbons (Fsp3) is 0.357. The molecule has 0 amide bonds. The number of hydrogen-bond donors (Lipinski definition) is 2. The quantitative estimate of drug-likeness (QED) is 0.905. The highest BCUT2D eigenvalue weighted by molar-refractivity contribution is 6.30. The number of hydrogen-bond acceptors (Lipinski definition) is 6. The summed E-state index contributed by atoms with van der Waals surface area (Å²) in [6, 6.07) is 2.09. The van der Waals surface area contributed by atoms with Crippen molar-refractivity contribution in [3.63, 3.8) is 0 Å². The topological polar surface area (TPSA) is 80.0 Å². The van der Waals surface area contributed by atoms with Gasteiger partial charge < -0.3 is 16.0 Å². The second kappa shape index (κ2) is 6.24. The molecule has 3 rings (SSSR count). The van der Waals surface area contributed by atoms with Gasteiger partial charge in [0, 0.05) is 31.5 Å². The monoisotopic (exact) mass is 305 g/mol. The smallest absolute Gasteiger partial charge is 0.227 e. The van der Waals surface area contributed by atoms with Crippen LogP contribution in [0.25, 0.3) is 0 Å². The van der Waals surface area contributed by atoms with Crippen LogP contribution in [0.5, 0.6) is 0 Å². The van der Waals surface area contributed by atoms with E-state index >= 15 is 0 Å². The SMILES string of the molecule is [2H]c1c(Cl)cncc1Nc1ccnc(N2CCC[C@@H](N)C2)n1. The first-order valence-electron chi connectivity index (χ1n) is 7.34. The van der Waals surface area contributed by atoms with Crippen LogP contribution in [0, 0.1) is 0 Å². The number of nitrogens with one attached hydrogen (secondary N) is 1. The van der Waals surface area contributed by atoms with Gasteiger partial charge in [-0.3, -0.25) is 4.98 Å². The van der Waals surface area contributed by atoms with E-state index in [-0.39, 0.29) is 12.1 Å². The Labute approximate surface area is 129 Å². The van der Waals surface area contributed by atoms with Crippen molar-refractivity contribution in [1.29, 1.82) is 0 Å². The molecule has 0 bridgehead atoms. The highest BCUT2D eigenvalue weighted by Gasteiger charge is 2.19. The molecule has 0 aromatic carbocycles. The lowest BCUT2D eigenvalue weighted by atomic mass is 10.1. The van der Waals surface area contributed by atoms with Crippen LogP contribution in [0.15, 0.2) is 30.7 Å². The third-order valence-corrected chi connectivity index (χ3v) is 3.48. The maximum absolute atomic E-state index is 7.92. The van der Waals surface area contributed by atoms with Gasteiger partial charge in [0.15, 0.2) is 0 Å². The molecule has 1 saturated heterocycles. The Morgan fingerprint density at radius 1 is 1.48 bits per heavy atom. The number of rotatable bonds is 3. The van der Waals surface area contributed by atoms with E-state index in [9.17, 15) is 0 Å². The molecule has 2 aromatic rings. The highest BCUT2D eigenvalue weighted by atomic mass is 35.5. The van der Waals surface area contributed by atoms with Gasteiger partial charge in [0.1, 0.15) is 5.82 Å². The second-order valence-electron chi connectivity index (χ2n) is 5.01. The lowest BCUT2D eigenvalue weighted by molar-refractivity contribution is 0.500. The summed E-state index contributed by atoms with van der Waals surface area (Å²) >= 11 is 5.90. The fourth-order valence-corrected chi connectivity index (χ4v) is 2.49. The zero-order valence-electron chi connectivity index (χ0n) is 12.5. The van der Waals surface area contributed by atoms with Gasteiger partial charge in [0.25, 0.3) is 0 Å². The number of piperidine rings is 1. The summed E-state index contributed by atoms with van der Waals surface area (Å²) in [6.45, 7) is 1.66. The molecule has 3 N–H and O–H groups in total. The minimum atomic E-state index is 0.158. The molecule has 3 heterocycles. The van der Waals surface area contributed by atoms with Crippen LogP contribution in [0.1, 0.15) is 14.2 Å². The Hall–Kier alpha value is -1.92. The molecule has 0 radical (unpaired) electrons. The molecule has 21 heavy (non-hydrogen) atoms. The van der Waals surface area contributed by atoms with Gasteiger partial charge in [-0.1, -0.05) is 11.6 Å². The summed E-state index contributed by atoms with van der Waals surface area (Å²) in [5.41, 5.74) is 6.51. The first-order valence-corrected chi connectivity index (χ1v) is 7.22. The molecule has 7 heteroatoms. The average Bonchev–Trinajstić information content (AvgIpc) is 2.52. The van der Waals surface area contributed by atoms with E-state index in [2.05, 4.69) is 25.2 Å². The number of aromatic nitrogens is 3. The van der Waals surface area contributed by atoms with E-state index in [1.54, 1.807) is 18.5 Å². The van der Waals surface area contributed by atoms with E-state index in [4.69, 9.17) is 18.7 Å². The summed E-state index contributed by atoms with van der Waals surface area (Å²) in [6.07, 6.45) is 6.75. The van der Waals surface area contributed by atoms with Crippen LogP contribution in [-0.4, -0.2) is 34.1 Å². The summed E-state index contributed by atoms with van der Waals surface area (Å²) in [5.74, 6) is 1.24. The van der Waals surface area contributed by atoms with Gasteiger partial charge >= 0.3 is 0 Å². The first kappa shape index (κ1) is 12.8. The van der Waals surface area contributed by atoms with E-state index < -0.39 is 0 Å². The van der Waals surface area contributed by atoms with Crippen LogP contribution in [-0.2, 0) is 0 Å². The molecular formula is C14H17ClN6. The lowest BCUT2D eigenvalue weighted by Gasteiger charge is -2.30. The third kappa shape index (κ3) is 3.59. The van der Waals surface area contributed by atoms with Gasteiger partial charge in [-0.2, -0.15) is 4.98 Å². The van der Waals surface area contributed by atoms with Crippen LogP contribution in [0.2, 0.25) is 5.02 Å². The van der Waals surface area contributed by atoms with E-state index in [1.165, 1.54) is 6.20 Å². The first-order chi connectivity index (χ1) is 10.6. The van der Waals surface area contributed by atoms with Gasteiger partial charge in [0.2, 0.25) is 5.95 Å². The molecule has 1 aliphatic heterocycles. The van der Waals surface area contributed by atoms with Crippen molar-refractivity contribution in [2.75, 3.05) is 23.3 Å². The maximum atomic E-state index is 7.92. The van der Waals surface area contributed by atoms with Crippen molar-refractivity contribution < 1.29 is 1.37 Å². The highest BCUT2D eigenvalue weighted by Crippen LogP contribution is 2.20. The summed E-state index contributed by atoms with van der Waals surface area (Å²) in [5, 5.41) is 3.35. The molecule has 110 valence electrons. The van der Waals surface area contributed by atoms with Gasteiger partial charge in [-0.05, 0) is 25.0 Å². The second-order valence-corrected chi connectivity index (χ2v) is 5.42. The molecule has 1 atom stereocenters. The Bertz CT molecular complexity index is 668. The van der Waals surface area contributed by atoms with Crippen molar-refractivity contribution in [3.05, 3.63) is 35.7 Å². The predicted octanol–water partition coefficient (Wildman–Crippen LogP) is 2.20. The van der Waals surface area contributed by atoms with Crippen molar-refractivity contribution in [3.8, 4) is 0 Å².